The van der Waals surface area contributed by atoms with Gasteiger partial charge >= 0.3 is 0 Å². The monoisotopic (exact) mass is 334 g/mol. The van der Waals surface area contributed by atoms with E-state index in [-0.39, 0.29) is 0 Å². The Kier molecular flexibility index (Phi) is 5.54. The molecule has 130 valence electrons. The van der Waals surface area contributed by atoms with E-state index in [0.717, 1.165) is 32.4 Å². The smallest absolute Gasteiger partial charge is 0.215 e. The van der Waals surface area contributed by atoms with Gasteiger partial charge < -0.3 is 10.2 Å². The summed E-state index contributed by atoms with van der Waals surface area (Å²) in [6, 6.07) is 15.8. The quantitative estimate of drug-likeness (QED) is 0.401. The van der Waals surface area contributed by atoms with Gasteiger partial charge in [0.15, 0.2) is 0 Å². The molecule has 0 atom stereocenters. The highest BCUT2D eigenvalue weighted by Crippen LogP contribution is 2.23. The number of rotatable bonds is 7. The SMILES string of the molecule is [CH]CCCC[n+]1c2cc(CNC)ccc2cc2ccc(N(C)C)cc21. The molecule has 3 rings (SSSR count). The van der Waals surface area contributed by atoms with Crippen molar-refractivity contribution < 1.29 is 4.57 Å². The van der Waals surface area contributed by atoms with Crippen molar-refractivity contribution in [1.29, 1.82) is 0 Å². The maximum absolute atomic E-state index is 5.72. The van der Waals surface area contributed by atoms with Crippen LogP contribution in [0.2, 0.25) is 0 Å². The minimum absolute atomic E-state index is 0.747. The topological polar surface area (TPSA) is 19.1 Å². The Balaban J connectivity index is 2.22. The van der Waals surface area contributed by atoms with Gasteiger partial charge in [-0.05, 0) is 56.6 Å². The summed E-state index contributed by atoms with van der Waals surface area (Å²) in [5.74, 6) is 0. The Bertz CT molecular complexity index is 868. The summed E-state index contributed by atoms with van der Waals surface area (Å²) < 4.78 is 2.46. The highest BCUT2D eigenvalue weighted by molar-refractivity contribution is 5.90. The van der Waals surface area contributed by atoms with Gasteiger partial charge in [0.05, 0.1) is 0 Å². The van der Waals surface area contributed by atoms with Crippen molar-refractivity contribution in [2.45, 2.75) is 32.4 Å². The lowest BCUT2D eigenvalue weighted by Gasteiger charge is -2.13. The zero-order chi connectivity index (χ0) is 17.8. The van der Waals surface area contributed by atoms with Crippen LogP contribution in [0, 0.1) is 6.92 Å². The van der Waals surface area contributed by atoms with Gasteiger partial charge in [-0.25, -0.2) is 0 Å². The van der Waals surface area contributed by atoms with Crippen LogP contribution in [-0.2, 0) is 13.1 Å². The summed E-state index contributed by atoms with van der Waals surface area (Å²) >= 11 is 0. The third-order valence-corrected chi connectivity index (χ3v) is 4.73. The van der Waals surface area contributed by atoms with E-state index >= 15 is 0 Å². The number of aromatic nitrogens is 1. The summed E-state index contributed by atoms with van der Waals surface area (Å²) in [5, 5.41) is 5.82. The number of pyridine rings is 1. The number of aryl methyl sites for hydroxylation is 1. The van der Waals surface area contributed by atoms with Crippen LogP contribution in [0.4, 0.5) is 5.69 Å². The first-order valence-corrected chi connectivity index (χ1v) is 9.05. The molecule has 2 radical (unpaired) electrons. The third-order valence-electron chi connectivity index (χ3n) is 4.73. The molecular formula is C22H28N3+. The van der Waals surface area contributed by atoms with Crippen molar-refractivity contribution in [3.8, 4) is 0 Å². The van der Waals surface area contributed by atoms with Gasteiger partial charge in [-0.3, -0.25) is 0 Å². The summed E-state index contributed by atoms with van der Waals surface area (Å²) in [7, 11) is 6.17. The first-order valence-electron chi connectivity index (χ1n) is 9.05. The second-order valence-electron chi connectivity index (χ2n) is 6.85. The van der Waals surface area contributed by atoms with Crippen molar-refractivity contribution in [2.24, 2.45) is 0 Å². The lowest BCUT2D eigenvalue weighted by molar-refractivity contribution is -0.645. The standard InChI is InChI=1S/C22H28N3/c1-5-6-7-12-25-21-13-17(16-23-2)8-9-18(21)14-19-10-11-20(24(3)4)15-22(19)25/h1,8-11,13-15,23H,5-7,12,16H2,2-4H3/q+1. The normalized spacial score (nSPS) is 11.4. The van der Waals surface area contributed by atoms with Crippen LogP contribution in [0.5, 0.6) is 0 Å². The number of hydrogen-bond donors (Lipinski definition) is 1. The van der Waals surface area contributed by atoms with E-state index < -0.39 is 0 Å². The predicted octanol–water partition coefficient (Wildman–Crippen LogP) is 3.95. The molecule has 0 spiro atoms. The predicted molar refractivity (Wildman–Crippen MR) is 107 cm³/mol. The molecule has 1 N–H and O–H groups in total. The molecule has 1 heterocycles. The lowest BCUT2D eigenvalue weighted by Crippen LogP contribution is -2.36. The fraction of sp³-hybridized carbons (Fsp3) is 0.364. The maximum atomic E-state index is 5.72. The molecule has 0 saturated carbocycles. The zero-order valence-corrected chi connectivity index (χ0v) is 15.5. The largest absolute Gasteiger partial charge is 0.377 e. The van der Waals surface area contributed by atoms with E-state index in [4.69, 9.17) is 6.92 Å². The molecule has 1 aromatic heterocycles. The van der Waals surface area contributed by atoms with Crippen molar-refractivity contribution in [3.05, 3.63) is 55.0 Å². The van der Waals surface area contributed by atoms with E-state index in [1.54, 1.807) is 0 Å². The molecule has 0 bridgehead atoms. The number of nitrogens with zero attached hydrogens (tertiary/aromatic N) is 2. The van der Waals surface area contributed by atoms with Crippen LogP contribution in [0.3, 0.4) is 0 Å². The molecule has 0 fully saturated rings. The van der Waals surface area contributed by atoms with E-state index in [2.05, 4.69) is 71.3 Å². The average Bonchev–Trinajstić information content (AvgIpc) is 2.61. The van der Waals surface area contributed by atoms with Gasteiger partial charge in [-0.1, -0.05) is 6.07 Å². The molecule has 2 aromatic carbocycles. The average molecular weight is 334 g/mol. The summed E-state index contributed by atoms with van der Waals surface area (Å²) in [6.45, 7) is 7.60. The molecule has 0 aliphatic heterocycles. The van der Waals surface area contributed by atoms with Crippen LogP contribution in [0.15, 0.2) is 42.5 Å². The fourth-order valence-corrected chi connectivity index (χ4v) is 3.38. The van der Waals surface area contributed by atoms with Gasteiger partial charge in [0.2, 0.25) is 11.0 Å². The number of anilines is 1. The van der Waals surface area contributed by atoms with Crippen LogP contribution in [-0.4, -0.2) is 21.1 Å². The molecule has 3 heteroatoms. The highest BCUT2D eigenvalue weighted by Gasteiger charge is 2.16. The van der Waals surface area contributed by atoms with Crippen molar-refractivity contribution >= 4 is 27.5 Å². The van der Waals surface area contributed by atoms with E-state index in [1.807, 2.05) is 7.05 Å². The molecule has 0 aliphatic rings. The van der Waals surface area contributed by atoms with Crippen LogP contribution < -0.4 is 14.8 Å². The fourth-order valence-electron chi connectivity index (χ4n) is 3.38. The maximum Gasteiger partial charge on any atom is 0.215 e. The zero-order valence-electron chi connectivity index (χ0n) is 15.5. The second-order valence-corrected chi connectivity index (χ2v) is 6.85. The molecular weight excluding hydrogens is 306 g/mol. The summed E-state index contributed by atoms with van der Waals surface area (Å²) in [5.41, 5.74) is 5.13. The molecule has 0 amide bonds. The Hall–Kier alpha value is -2.13. The Morgan fingerprint density at radius 1 is 0.960 bits per heavy atom. The van der Waals surface area contributed by atoms with E-state index in [0.29, 0.717) is 0 Å². The summed E-state index contributed by atoms with van der Waals surface area (Å²) in [6.07, 6.45) is 2.89. The van der Waals surface area contributed by atoms with Crippen LogP contribution in [0.1, 0.15) is 24.8 Å². The molecule has 3 aromatic rings. The van der Waals surface area contributed by atoms with Crippen LogP contribution in [0.25, 0.3) is 21.8 Å². The van der Waals surface area contributed by atoms with Crippen LogP contribution >= 0.6 is 0 Å². The number of fused-ring (bicyclic) bond motifs is 2. The van der Waals surface area contributed by atoms with Gasteiger partial charge in [0.1, 0.15) is 6.54 Å². The Labute approximate surface area is 151 Å². The number of hydrogen-bond acceptors (Lipinski definition) is 2. The first kappa shape index (κ1) is 17.7. The van der Waals surface area contributed by atoms with E-state index in [1.165, 1.54) is 33.1 Å². The van der Waals surface area contributed by atoms with Crippen molar-refractivity contribution in [1.82, 2.24) is 5.32 Å². The van der Waals surface area contributed by atoms with Crippen molar-refractivity contribution in [2.75, 3.05) is 26.0 Å². The lowest BCUT2D eigenvalue weighted by atomic mass is 10.1. The molecule has 25 heavy (non-hydrogen) atoms. The molecule has 3 nitrogen and oxygen atoms in total. The second kappa shape index (κ2) is 7.83. The van der Waals surface area contributed by atoms with Gasteiger partial charge in [-0.2, -0.15) is 4.57 Å². The highest BCUT2D eigenvalue weighted by atomic mass is 15.1. The molecule has 0 saturated heterocycles. The number of benzene rings is 2. The third kappa shape index (κ3) is 3.77. The van der Waals surface area contributed by atoms with Gasteiger partial charge in [-0.15, -0.1) is 0 Å². The van der Waals surface area contributed by atoms with Gasteiger partial charge in [0, 0.05) is 55.7 Å². The Morgan fingerprint density at radius 3 is 2.36 bits per heavy atom. The Morgan fingerprint density at radius 2 is 1.68 bits per heavy atom. The minimum Gasteiger partial charge on any atom is -0.377 e. The van der Waals surface area contributed by atoms with Gasteiger partial charge in [0.25, 0.3) is 0 Å². The molecule has 0 unspecified atom stereocenters. The first-order chi connectivity index (χ1) is 12.1. The van der Waals surface area contributed by atoms with E-state index in [9.17, 15) is 0 Å². The summed E-state index contributed by atoms with van der Waals surface area (Å²) in [4.78, 5) is 2.16. The number of unbranched alkanes of at least 4 members (excludes halogenated alkanes) is 2. The molecule has 0 aliphatic carbocycles. The minimum atomic E-state index is 0.747. The van der Waals surface area contributed by atoms with Crippen molar-refractivity contribution in [3.63, 3.8) is 0 Å². The number of nitrogens with one attached hydrogen (secondary N) is 1.